The second-order valence-electron chi connectivity index (χ2n) is 6.50. The molecule has 2 heterocycles. The first-order valence-electron chi connectivity index (χ1n) is 8.59. The second-order valence-corrected chi connectivity index (χ2v) is 6.94. The maximum Gasteiger partial charge on any atom is 0.390 e. The van der Waals surface area contributed by atoms with Crippen LogP contribution in [-0.2, 0) is 17.9 Å². The number of amides is 1. The minimum Gasteiger partial charge on any atom is -0.358 e. The quantitative estimate of drug-likeness (QED) is 0.482. The number of hydrogen-bond donors (Lipinski definition) is 1. The average Bonchev–Trinajstić information content (AvgIpc) is 3.22. The van der Waals surface area contributed by atoms with Crippen LogP contribution in [0.15, 0.2) is 42.6 Å². The summed E-state index contributed by atoms with van der Waals surface area (Å²) in [6, 6.07) is 10.6. The fraction of sp³-hybridized carbons (Fsp3) is 0.278. The SMILES string of the molecule is Cc1cc([N+](=O)[O-])nn1CC(C)C(=O)Nc1ccn(Cc2cccc(Cl)c2)n1. The molecule has 146 valence electrons. The molecule has 1 amide bonds. The number of anilines is 1. The Balaban J connectivity index is 1.60. The van der Waals surface area contributed by atoms with Crippen molar-refractivity contribution in [1.29, 1.82) is 0 Å². The Bertz CT molecular complexity index is 1010. The van der Waals surface area contributed by atoms with E-state index >= 15 is 0 Å². The molecule has 3 aromatic rings. The Morgan fingerprint density at radius 2 is 2.11 bits per heavy atom. The summed E-state index contributed by atoms with van der Waals surface area (Å²) in [5.41, 5.74) is 1.62. The zero-order chi connectivity index (χ0) is 20.3. The third-order valence-corrected chi connectivity index (χ3v) is 4.41. The highest BCUT2D eigenvalue weighted by Gasteiger charge is 2.21. The van der Waals surface area contributed by atoms with Crippen LogP contribution >= 0.6 is 11.6 Å². The van der Waals surface area contributed by atoms with Gasteiger partial charge in [-0.25, -0.2) is 0 Å². The first kappa shape index (κ1) is 19.6. The molecular formula is C18H19ClN6O3. The Labute approximate surface area is 166 Å². The summed E-state index contributed by atoms with van der Waals surface area (Å²) in [4.78, 5) is 22.7. The molecule has 1 N–H and O–H groups in total. The van der Waals surface area contributed by atoms with Crippen molar-refractivity contribution in [2.75, 3.05) is 5.32 Å². The lowest BCUT2D eigenvalue weighted by atomic mass is 10.1. The van der Waals surface area contributed by atoms with Gasteiger partial charge in [-0.15, -0.1) is 0 Å². The number of carbonyl (C=O) groups is 1. The average molecular weight is 403 g/mol. The topological polar surface area (TPSA) is 108 Å². The number of carbonyl (C=O) groups excluding carboxylic acids is 1. The highest BCUT2D eigenvalue weighted by molar-refractivity contribution is 6.30. The minimum atomic E-state index is -0.555. The molecule has 0 radical (unpaired) electrons. The van der Waals surface area contributed by atoms with Gasteiger partial charge in [-0.05, 0) is 29.5 Å². The molecule has 1 atom stereocenters. The van der Waals surface area contributed by atoms with Crippen molar-refractivity contribution >= 4 is 29.1 Å². The van der Waals surface area contributed by atoms with Crippen LogP contribution in [0.3, 0.4) is 0 Å². The molecule has 9 nitrogen and oxygen atoms in total. The molecule has 0 fully saturated rings. The van der Waals surface area contributed by atoms with Crippen molar-refractivity contribution in [2.45, 2.75) is 26.9 Å². The molecule has 28 heavy (non-hydrogen) atoms. The van der Waals surface area contributed by atoms with E-state index in [-0.39, 0.29) is 18.3 Å². The van der Waals surface area contributed by atoms with E-state index < -0.39 is 10.8 Å². The minimum absolute atomic E-state index is 0.231. The molecule has 0 aliphatic rings. The Hall–Kier alpha value is -3.20. The van der Waals surface area contributed by atoms with Gasteiger partial charge in [0.2, 0.25) is 5.91 Å². The van der Waals surface area contributed by atoms with Crippen LogP contribution in [-0.4, -0.2) is 30.4 Å². The summed E-state index contributed by atoms with van der Waals surface area (Å²) in [6.07, 6.45) is 1.77. The molecule has 0 aliphatic heterocycles. The Morgan fingerprint density at radius 1 is 1.32 bits per heavy atom. The number of nitro groups is 1. The fourth-order valence-corrected chi connectivity index (χ4v) is 2.91. The van der Waals surface area contributed by atoms with Crippen molar-refractivity contribution in [3.63, 3.8) is 0 Å². The summed E-state index contributed by atoms with van der Waals surface area (Å²) < 4.78 is 3.16. The highest BCUT2D eigenvalue weighted by Crippen LogP contribution is 2.15. The molecule has 2 aromatic heterocycles. The predicted octanol–water partition coefficient (Wildman–Crippen LogP) is 3.27. The van der Waals surface area contributed by atoms with Gasteiger partial charge in [0.25, 0.3) is 0 Å². The van der Waals surface area contributed by atoms with E-state index in [4.69, 9.17) is 11.6 Å². The number of aromatic nitrogens is 4. The lowest BCUT2D eigenvalue weighted by molar-refractivity contribution is -0.389. The van der Waals surface area contributed by atoms with E-state index in [1.165, 1.54) is 10.7 Å². The monoisotopic (exact) mass is 402 g/mol. The van der Waals surface area contributed by atoms with Gasteiger partial charge in [0.15, 0.2) is 5.82 Å². The molecular weight excluding hydrogens is 384 g/mol. The van der Waals surface area contributed by atoms with Crippen molar-refractivity contribution in [1.82, 2.24) is 19.6 Å². The number of halogens is 1. The van der Waals surface area contributed by atoms with E-state index in [1.807, 2.05) is 18.2 Å². The van der Waals surface area contributed by atoms with Gasteiger partial charge in [-0.2, -0.15) is 9.78 Å². The standard InChI is InChI=1S/C18H19ClN6O3/c1-12(10-24-13(2)8-17(22-24)25(27)28)18(26)20-16-6-7-23(21-16)11-14-4-3-5-15(19)9-14/h3-9,12H,10-11H2,1-2H3,(H,20,21,26). The van der Waals surface area contributed by atoms with Crippen LogP contribution in [0, 0.1) is 23.0 Å². The molecule has 0 aliphatic carbocycles. The molecule has 0 saturated heterocycles. The fourth-order valence-electron chi connectivity index (χ4n) is 2.70. The molecule has 0 spiro atoms. The predicted molar refractivity (Wildman–Crippen MR) is 104 cm³/mol. The molecule has 3 rings (SSSR count). The number of nitrogens with one attached hydrogen (secondary N) is 1. The molecule has 0 saturated carbocycles. The third kappa shape index (κ3) is 4.74. The van der Waals surface area contributed by atoms with Crippen molar-refractivity contribution in [3.05, 3.63) is 69.0 Å². The van der Waals surface area contributed by atoms with Crippen LogP contribution in [0.25, 0.3) is 0 Å². The number of aryl methyl sites for hydroxylation is 1. The molecule has 1 aromatic carbocycles. The van der Waals surface area contributed by atoms with E-state index in [1.54, 1.807) is 36.9 Å². The summed E-state index contributed by atoms with van der Waals surface area (Å²) in [5, 5.41) is 22.5. The zero-order valence-corrected chi connectivity index (χ0v) is 16.1. The molecule has 10 heteroatoms. The van der Waals surface area contributed by atoms with E-state index in [9.17, 15) is 14.9 Å². The number of benzene rings is 1. The van der Waals surface area contributed by atoms with Gasteiger partial charge in [-0.3, -0.25) is 9.48 Å². The normalized spacial score (nSPS) is 12.0. The lowest BCUT2D eigenvalue weighted by Crippen LogP contribution is -2.25. The van der Waals surface area contributed by atoms with Crippen LogP contribution in [0.5, 0.6) is 0 Å². The van der Waals surface area contributed by atoms with Gasteiger partial charge in [0.1, 0.15) is 0 Å². The maximum atomic E-state index is 12.4. The largest absolute Gasteiger partial charge is 0.390 e. The molecule has 1 unspecified atom stereocenters. The second kappa shape index (κ2) is 8.22. The Morgan fingerprint density at radius 3 is 2.79 bits per heavy atom. The van der Waals surface area contributed by atoms with E-state index in [2.05, 4.69) is 15.5 Å². The van der Waals surface area contributed by atoms with Crippen LogP contribution in [0.4, 0.5) is 11.6 Å². The number of rotatable bonds is 7. The summed E-state index contributed by atoms with van der Waals surface area (Å²) in [5.74, 6) is -0.492. The number of nitrogens with zero attached hydrogens (tertiary/aromatic N) is 5. The van der Waals surface area contributed by atoms with E-state index in [0.29, 0.717) is 23.1 Å². The summed E-state index contributed by atoms with van der Waals surface area (Å²) >= 11 is 5.99. The highest BCUT2D eigenvalue weighted by atomic mass is 35.5. The third-order valence-electron chi connectivity index (χ3n) is 4.18. The first-order valence-corrected chi connectivity index (χ1v) is 8.97. The van der Waals surface area contributed by atoms with E-state index in [0.717, 1.165) is 5.56 Å². The van der Waals surface area contributed by atoms with Crippen molar-refractivity contribution in [3.8, 4) is 0 Å². The van der Waals surface area contributed by atoms with Gasteiger partial charge < -0.3 is 15.4 Å². The van der Waals surface area contributed by atoms with Gasteiger partial charge in [-0.1, -0.05) is 30.7 Å². The first-order chi connectivity index (χ1) is 13.3. The maximum absolute atomic E-state index is 12.4. The number of hydrogen-bond acceptors (Lipinski definition) is 5. The smallest absolute Gasteiger partial charge is 0.358 e. The zero-order valence-electron chi connectivity index (χ0n) is 15.4. The lowest BCUT2D eigenvalue weighted by Gasteiger charge is -2.10. The van der Waals surface area contributed by atoms with Crippen molar-refractivity contribution < 1.29 is 9.72 Å². The summed E-state index contributed by atoms with van der Waals surface area (Å²) in [6.45, 7) is 4.20. The van der Waals surface area contributed by atoms with Crippen LogP contribution < -0.4 is 5.32 Å². The summed E-state index contributed by atoms with van der Waals surface area (Å²) in [7, 11) is 0. The van der Waals surface area contributed by atoms with Crippen LogP contribution in [0.2, 0.25) is 5.02 Å². The van der Waals surface area contributed by atoms with Crippen molar-refractivity contribution in [2.24, 2.45) is 5.92 Å². The molecule has 0 bridgehead atoms. The Kier molecular flexibility index (Phi) is 5.74. The van der Waals surface area contributed by atoms with Crippen LogP contribution in [0.1, 0.15) is 18.2 Å². The van der Waals surface area contributed by atoms with Gasteiger partial charge in [0.05, 0.1) is 35.9 Å². The van der Waals surface area contributed by atoms with Gasteiger partial charge in [0, 0.05) is 17.3 Å². The van der Waals surface area contributed by atoms with Gasteiger partial charge >= 0.3 is 5.82 Å².